The van der Waals surface area contributed by atoms with Gasteiger partial charge in [-0.05, 0) is 31.2 Å². The third kappa shape index (κ3) is 2.64. The second-order valence-corrected chi connectivity index (χ2v) is 5.34. The Kier molecular flexibility index (Phi) is 3.74. The Morgan fingerprint density at radius 1 is 1.40 bits per heavy atom. The van der Waals surface area contributed by atoms with Crippen molar-refractivity contribution in [1.29, 1.82) is 5.26 Å². The molecule has 0 aliphatic rings. The third-order valence-electron chi connectivity index (χ3n) is 2.51. The molecule has 0 unspecified atom stereocenters. The first-order chi connectivity index (χ1) is 9.47. The van der Waals surface area contributed by atoms with Crippen molar-refractivity contribution in [3.8, 4) is 17.5 Å². The summed E-state index contributed by atoms with van der Waals surface area (Å²) >= 11 is 0. The molecular weight excluding hydrogens is 280 g/mol. The zero-order chi connectivity index (χ0) is 14.8. The van der Waals surface area contributed by atoms with E-state index in [1.807, 2.05) is 6.92 Å². The lowest BCUT2D eigenvalue weighted by molar-refractivity contribution is 0.340. The summed E-state index contributed by atoms with van der Waals surface area (Å²) in [6, 6.07) is 8.38. The predicted octanol–water partition coefficient (Wildman–Crippen LogP) is 0.790. The van der Waals surface area contributed by atoms with Crippen LogP contribution in [0.4, 0.5) is 0 Å². The highest BCUT2D eigenvalue weighted by Gasteiger charge is 2.22. The van der Waals surface area contributed by atoms with Crippen LogP contribution >= 0.6 is 0 Å². The number of hydrogen-bond donors (Lipinski definition) is 1. The molecule has 104 valence electrons. The largest absolute Gasteiger partial charge is 0.494 e. The van der Waals surface area contributed by atoms with Crippen molar-refractivity contribution in [3.63, 3.8) is 0 Å². The van der Waals surface area contributed by atoms with Gasteiger partial charge >= 0.3 is 0 Å². The summed E-state index contributed by atoms with van der Waals surface area (Å²) in [7, 11) is -4.05. The molecule has 0 spiro atoms. The van der Waals surface area contributed by atoms with E-state index in [0.717, 1.165) is 10.9 Å². The van der Waals surface area contributed by atoms with E-state index in [1.165, 1.54) is 0 Å². The zero-order valence-corrected chi connectivity index (χ0v) is 11.5. The third-order valence-corrected chi connectivity index (χ3v) is 3.44. The lowest BCUT2D eigenvalue weighted by Gasteiger charge is -2.07. The van der Waals surface area contributed by atoms with Gasteiger partial charge in [0.25, 0.3) is 10.0 Å². The number of nitrogens with two attached hydrogens (primary N) is 1. The quantitative estimate of drug-likeness (QED) is 0.895. The van der Waals surface area contributed by atoms with Gasteiger partial charge < -0.3 is 4.74 Å². The second-order valence-electron chi connectivity index (χ2n) is 3.86. The first kappa shape index (κ1) is 14.0. The highest BCUT2D eigenvalue weighted by molar-refractivity contribution is 7.89. The minimum atomic E-state index is -4.05. The van der Waals surface area contributed by atoms with Gasteiger partial charge in [-0.3, -0.25) is 0 Å². The fourth-order valence-corrected chi connectivity index (χ4v) is 2.52. The van der Waals surface area contributed by atoms with Crippen LogP contribution in [0, 0.1) is 11.3 Å². The van der Waals surface area contributed by atoms with Gasteiger partial charge in [-0.1, -0.05) is 0 Å². The van der Waals surface area contributed by atoms with E-state index in [-0.39, 0.29) is 10.6 Å². The van der Waals surface area contributed by atoms with Gasteiger partial charge in [-0.2, -0.15) is 10.4 Å². The Hall–Kier alpha value is -2.37. The van der Waals surface area contributed by atoms with Crippen LogP contribution in [0.1, 0.15) is 12.5 Å². The molecule has 7 nitrogen and oxygen atoms in total. The Bertz CT molecular complexity index is 757. The van der Waals surface area contributed by atoms with E-state index in [2.05, 4.69) is 5.10 Å². The van der Waals surface area contributed by atoms with Crippen molar-refractivity contribution >= 4 is 10.0 Å². The van der Waals surface area contributed by atoms with E-state index in [4.69, 9.17) is 15.1 Å². The van der Waals surface area contributed by atoms with Crippen molar-refractivity contribution in [3.05, 3.63) is 36.0 Å². The van der Waals surface area contributed by atoms with Crippen molar-refractivity contribution in [2.75, 3.05) is 6.61 Å². The Labute approximate surface area is 116 Å². The number of sulfonamides is 1. The molecule has 8 heteroatoms. The number of nitriles is 1. The minimum absolute atomic E-state index is 0.0959. The Morgan fingerprint density at radius 3 is 2.55 bits per heavy atom. The maximum atomic E-state index is 11.6. The van der Waals surface area contributed by atoms with Crippen molar-refractivity contribution in [2.24, 2.45) is 5.14 Å². The standard InChI is InChI=1S/C12H12N4O3S/c1-2-19-11-5-3-10(4-6-11)16-12(20(14,17)18)9(7-13)8-15-16/h3-6,8H,2H2,1H3,(H2,14,17,18). The van der Waals surface area contributed by atoms with Gasteiger partial charge in [-0.15, -0.1) is 0 Å². The summed E-state index contributed by atoms with van der Waals surface area (Å²) in [5.74, 6) is 0.654. The molecule has 1 aromatic carbocycles. The maximum absolute atomic E-state index is 11.6. The molecule has 0 aliphatic heterocycles. The molecule has 2 aromatic rings. The summed E-state index contributed by atoms with van der Waals surface area (Å²) in [6.07, 6.45) is 1.16. The highest BCUT2D eigenvalue weighted by atomic mass is 32.2. The van der Waals surface area contributed by atoms with Gasteiger partial charge in [0.1, 0.15) is 17.4 Å². The van der Waals surface area contributed by atoms with Crippen LogP contribution in [0.5, 0.6) is 5.75 Å². The van der Waals surface area contributed by atoms with Crippen molar-refractivity contribution in [2.45, 2.75) is 11.9 Å². The molecule has 2 rings (SSSR count). The van der Waals surface area contributed by atoms with E-state index in [1.54, 1.807) is 30.3 Å². The van der Waals surface area contributed by atoms with E-state index < -0.39 is 10.0 Å². The van der Waals surface area contributed by atoms with Gasteiger partial charge in [0.05, 0.1) is 18.5 Å². The molecular formula is C12H12N4O3S. The minimum Gasteiger partial charge on any atom is -0.494 e. The number of nitrogens with zero attached hydrogens (tertiary/aromatic N) is 3. The second kappa shape index (κ2) is 5.32. The smallest absolute Gasteiger partial charge is 0.257 e. The summed E-state index contributed by atoms with van der Waals surface area (Å²) in [4.78, 5) is 0. The summed E-state index contributed by atoms with van der Waals surface area (Å²) < 4.78 is 29.6. The van der Waals surface area contributed by atoms with Crippen LogP contribution in [0.3, 0.4) is 0 Å². The normalized spacial score (nSPS) is 11.1. The van der Waals surface area contributed by atoms with Crippen molar-refractivity contribution in [1.82, 2.24) is 9.78 Å². The number of aromatic nitrogens is 2. The maximum Gasteiger partial charge on any atom is 0.257 e. The fourth-order valence-electron chi connectivity index (χ4n) is 1.72. The number of primary sulfonamides is 1. The van der Waals surface area contributed by atoms with E-state index >= 15 is 0 Å². The first-order valence-electron chi connectivity index (χ1n) is 5.71. The molecule has 2 N–H and O–H groups in total. The lowest BCUT2D eigenvalue weighted by atomic mass is 10.3. The van der Waals surface area contributed by atoms with Gasteiger partial charge in [0.2, 0.25) is 0 Å². The average molecular weight is 292 g/mol. The monoisotopic (exact) mass is 292 g/mol. The summed E-state index contributed by atoms with van der Waals surface area (Å²) in [5, 5.41) is 17.6. The van der Waals surface area contributed by atoms with Crippen molar-refractivity contribution < 1.29 is 13.2 Å². The molecule has 0 radical (unpaired) electrons. The Morgan fingerprint density at radius 2 is 2.05 bits per heavy atom. The van der Waals surface area contributed by atoms with Crippen LogP contribution in [0.25, 0.3) is 5.69 Å². The zero-order valence-electron chi connectivity index (χ0n) is 10.6. The van der Waals surface area contributed by atoms with E-state index in [0.29, 0.717) is 18.0 Å². The number of hydrogen-bond acceptors (Lipinski definition) is 5. The van der Waals surface area contributed by atoms with Crippen LogP contribution in [-0.4, -0.2) is 24.8 Å². The summed E-state index contributed by atoms with van der Waals surface area (Å²) in [5.41, 5.74) is 0.375. The number of ether oxygens (including phenoxy) is 1. The first-order valence-corrected chi connectivity index (χ1v) is 7.26. The fraction of sp³-hybridized carbons (Fsp3) is 0.167. The van der Waals surface area contributed by atoms with E-state index in [9.17, 15) is 8.42 Å². The number of benzene rings is 1. The van der Waals surface area contributed by atoms with Crippen LogP contribution in [0.2, 0.25) is 0 Å². The topological polar surface area (TPSA) is 111 Å². The molecule has 1 aromatic heterocycles. The molecule has 0 bridgehead atoms. The number of rotatable bonds is 4. The molecule has 0 atom stereocenters. The SMILES string of the molecule is CCOc1ccc(-n2ncc(C#N)c2S(N)(=O)=O)cc1. The molecule has 0 aliphatic carbocycles. The van der Waals surface area contributed by atoms with Gasteiger partial charge in [0.15, 0.2) is 5.03 Å². The highest BCUT2D eigenvalue weighted by Crippen LogP contribution is 2.20. The van der Waals surface area contributed by atoms with Crippen LogP contribution in [-0.2, 0) is 10.0 Å². The molecule has 0 saturated heterocycles. The predicted molar refractivity (Wildman–Crippen MR) is 70.8 cm³/mol. The van der Waals surface area contributed by atoms with Gasteiger partial charge in [-0.25, -0.2) is 18.2 Å². The molecule has 20 heavy (non-hydrogen) atoms. The molecule has 0 saturated carbocycles. The summed E-state index contributed by atoms with van der Waals surface area (Å²) in [6.45, 7) is 2.39. The van der Waals surface area contributed by atoms with Gasteiger partial charge in [0, 0.05) is 0 Å². The van der Waals surface area contributed by atoms with Crippen LogP contribution < -0.4 is 9.88 Å². The molecule has 0 fully saturated rings. The average Bonchev–Trinajstić information content (AvgIpc) is 2.84. The molecule has 0 amide bonds. The Balaban J connectivity index is 2.54. The van der Waals surface area contributed by atoms with Crippen LogP contribution in [0.15, 0.2) is 35.5 Å². The lowest BCUT2D eigenvalue weighted by Crippen LogP contribution is -2.18. The molecule has 1 heterocycles.